The molecular weight excluding hydrogens is 281 g/mol. The van der Waals surface area contributed by atoms with Gasteiger partial charge in [0.1, 0.15) is 0 Å². The van der Waals surface area contributed by atoms with Crippen molar-refractivity contribution in [2.24, 2.45) is 0 Å². The first-order chi connectivity index (χ1) is 9.04. The Labute approximate surface area is 122 Å². The fourth-order valence-corrected chi connectivity index (χ4v) is 2.11. The number of benzene rings is 2. The minimum atomic E-state index is -0.104. The van der Waals surface area contributed by atoms with Crippen LogP contribution in [-0.2, 0) is 11.2 Å². The average molecular weight is 294 g/mol. The highest BCUT2D eigenvalue weighted by Crippen LogP contribution is 2.22. The summed E-state index contributed by atoms with van der Waals surface area (Å²) in [5.41, 5.74) is 2.59. The molecule has 0 unspecified atom stereocenters. The lowest BCUT2D eigenvalue weighted by Crippen LogP contribution is -2.14. The zero-order valence-electron chi connectivity index (χ0n) is 10.4. The molecule has 0 saturated carbocycles. The first-order valence-electron chi connectivity index (χ1n) is 5.85. The highest BCUT2D eigenvalue weighted by molar-refractivity contribution is 6.33. The molecule has 0 atom stereocenters. The van der Waals surface area contributed by atoms with Crippen molar-refractivity contribution in [3.8, 4) is 0 Å². The molecule has 2 rings (SSSR count). The number of rotatable bonds is 3. The lowest BCUT2D eigenvalue weighted by atomic mass is 10.1. The summed E-state index contributed by atoms with van der Waals surface area (Å²) in [7, 11) is 0. The molecule has 0 aliphatic carbocycles. The molecule has 0 spiro atoms. The topological polar surface area (TPSA) is 29.1 Å². The summed E-state index contributed by atoms with van der Waals surface area (Å²) in [4.78, 5) is 11.9. The maximum atomic E-state index is 11.9. The van der Waals surface area contributed by atoms with Crippen LogP contribution < -0.4 is 5.32 Å². The second-order valence-electron chi connectivity index (χ2n) is 4.33. The number of nitrogens with one attached hydrogen (secondary N) is 1. The van der Waals surface area contributed by atoms with E-state index in [1.54, 1.807) is 18.2 Å². The summed E-state index contributed by atoms with van der Waals surface area (Å²) < 4.78 is 0. The van der Waals surface area contributed by atoms with Crippen LogP contribution in [0.2, 0.25) is 10.0 Å². The summed E-state index contributed by atoms with van der Waals surface area (Å²) in [5, 5.41) is 4.00. The minimum absolute atomic E-state index is 0.104. The molecule has 2 aromatic carbocycles. The molecular formula is C15H13Cl2NO. The van der Waals surface area contributed by atoms with Crippen molar-refractivity contribution in [2.45, 2.75) is 13.3 Å². The average Bonchev–Trinajstić information content (AvgIpc) is 2.36. The number of amides is 1. The van der Waals surface area contributed by atoms with Crippen LogP contribution in [0.4, 0.5) is 5.69 Å². The Kier molecular flexibility index (Phi) is 4.46. The van der Waals surface area contributed by atoms with E-state index in [0.717, 1.165) is 11.1 Å². The van der Waals surface area contributed by atoms with Gasteiger partial charge in [-0.05, 0) is 42.3 Å². The zero-order valence-corrected chi connectivity index (χ0v) is 11.9. The Balaban J connectivity index is 2.03. The summed E-state index contributed by atoms with van der Waals surface area (Å²) in [6.45, 7) is 1.95. The number of hydrogen-bond donors (Lipinski definition) is 1. The second kappa shape index (κ2) is 6.09. The van der Waals surface area contributed by atoms with E-state index in [1.165, 1.54) is 0 Å². The lowest BCUT2D eigenvalue weighted by Gasteiger charge is -2.08. The molecule has 1 N–H and O–H groups in total. The molecule has 2 nitrogen and oxygen atoms in total. The Morgan fingerprint density at radius 3 is 2.42 bits per heavy atom. The third-order valence-electron chi connectivity index (χ3n) is 2.68. The first kappa shape index (κ1) is 13.9. The Morgan fingerprint density at radius 2 is 1.79 bits per heavy atom. The van der Waals surface area contributed by atoms with Crippen molar-refractivity contribution in [1.29, 1.82) is 0 Å². The molecule has 2 aromatic rings. The third-order valence-corrected chi connectivity index (χ3v) is 3.24. The predicted molar refractivity (Wildman–Crippen MR) is 80.0 cm³/mol. The monoisotopic (exact) mass is 293 g/mol. The zero-order chi connectivity index (χ0) is 13.8. The van der Waals surface area contributed by atoms with Gasteiger partial charge in [-0.1, -0.05) is 41.4 Å². The smallest absolute Gasteiger partial charge is 0.228 e. The van der Waals surface area contributed by atoms with E-state index < -0.39 is 0 Å². The summed E-state index contributed by atoms with van der Waals surface area (Å²) >= 11 is 11.9. The fourth-order valence-electron chi connectivity index (χ4n) is 1.70. The van der Waals surface area contributed by atoms with Gasteiger partial charge in [0.25, 0.3) is 0 Å². The van der Waals surface area contributed by atoms with Gasteiger partial charge in [0, 0.05) is 5.02 Å². The molecule has 0 radical (unpaired) electrons. The Bertz CT molecular complexity index is 594. The molecule has 4 heteroatoms. The van der Waals surface area contributed by atoms with Crippen molar-refractivity contribution in [3.63, 3.8) is 0 Å². The number of aryl methyl sites for hydroxylation is 1. The normalized spacial score (nSPS) is 10.3. The van der Waals surface area contributed by atoms with Gasteiger partial charge in [0.2, 0.25) is 5.91 Å². The molecule has 0 aliphatic rings. The van der Waals surface area contributed by atoms with Crippen LogP contribution in [0.25, 0.3) is 0 Å². The van der Waals surface area contributed by atoms with Crippen molar-refractivity contribution in [1.82, 2.24) is 0 Å². The number of carbonyl (C=O) groups excluding carboxylic acids is 1. The van der Waals surface area contributed by atoms with Crippen LogP contribution in [0.1, 0.15) is 11.1 Å². The van der Waals surface area contributed by atoms with Gasteiger partial charge in [-0.2, -0.15) is 0 Å². The van der Waals surface area contributed by atoms with Gasteiger partial charge >= 0.3 is 0 Å². The number of carbonyl (C=O) groups is 1. The van der Waals surface area contributed by atoms with Crippen LogP contribution in [0, 0.1) is 6.92 Å². The van der Waals surface area contributed by atoms with Gasteiger partial charge in [0.05, 0.1) is 17.1 Å². The van der Waals surface area contributed by atoms with Crippen molar-refractivity contribution in [2.75, 3.05) is 5.32 Å². The van der Waals surface area contributed by atoms with Gasteiger partial charge in [0.15, 0.2) is 0 Å². The van der Waals surface area contributed by atoms with Gasteiger partial charge in [-0.3, -0.25) is 4.79 Å². The summed E-state index contributed by atoms with van der Waals surface area (Å²) in [6.07, 6.45) is 0.293. The maximum absolute atomic E-state index is 11.9. The maximum Gasteiger partial charge on any atom is 0.228 e. The molecule has 0 fully saturated rings. The third kappa shape index (κ3) is 3.98. The highest BCUT2D eigenvalue weighted by atomic mass is 35.5. The van der Waals surface area contributed by atoms with Crippen LogP contribution in [-0.4, -0.2) is 5.91 Å². The molecule has 19 heavy (non-hydrogen) atoms. The predicted octanol–water partition coefficient (Wildman–Crippen LogP) is 4.48. The quantitative estimate of drug-likeness (QED) is 0.888. The molecule has 0 bridgehead atoms. The molecule has 0 saturated heterocycles. The lowest BCUT2D eigenvalue weighted by molar-refractivity contribution is -0.115. The van der Waals surface area contributed by atoms with E-state index in [1.807, 2.05) is 31.2 Å². The van der Waals surface area contributed by atoms with Gasteiger partial charge in [-0.25, -0.2) is 0 Å². The molecule has 0 aliphatic heterocycles. The molecule has 0 heterocycles. The fraction of sp³-hybridized carbons (Fsp3) is 0.133. The van der Waals surface area contributed by atoms with E-state index in [4.69, 9.17) is 23.2 Å². The first-order valence-corrected chi connectivity index (χ1v) is 6.60. The van der Waals surface area contributed by atoms with E-state index >= 15 is 0 Å². The molecule has 1 amide bonds. The SMILES string of the molecule is Cc1ccc(NC(=O)Cc2ccc(Cl)cc2)c(Cl)c1. The Morgan fingerprint density at radius 1 is 1.11 bits per heavy atom. The van der Waals surface area contributed by atoms with Crippen LogP contribution in [0.3, 0.4) is 0 Å². The number of hydrogen-bond acceptors (Lipinski definition) is 1. The van der Waals surface area contributed by atoms with Crippen LogP contribution in [0.15, 0.2) is 42.5 Å². The number of anilines is 1. The highest BCUT2D eigenvalue weighted by Gasteiger charge is 2.07. The van der Waals surface area contributed by atoms with E-state index in [2.05, 4.69) is 5.32 Å². The van der Waals surface area contributed by atoms with Crippen molar-refractivity contribution >= 4 is 34.8 Å². The standard InChI is InChI=1S/C15H13Cl2NO/c1-10-2-7-14(13(17)8-10)18-15(19)9-11-3-5-12(16)6-4-11/h2-8H,9H2,1H3,(H,18,19). The summed E-state index contributed by atoms with van der Waals surface area (Å²) in [5.74, 6) is -0.104. The van der Waals surface area contributed by atoms with Crippen molar-refractivity contribution < 1.29 is 4.79 Å². The molecule has 98 valence electrons. The largest absolute Gasteiger partial charge is 0.324 e. The van der Waals surface area contributed by atoms with Crippen LogP contribution >= 0.6 is 23.2 Å². The van der Waals surface area contributed by atoms with Crippen molar-refractivity contribution in [3.05, 3.63) is 63.6 Å². The second-order valence-corrected chi connectivity index (χ2v) is 5.18. The Hall–Kier alpha value is -1.51. The van der Waals surface area contributed by atoms with Gasteiger partial charge < -0.3 is 5.32 Å². The van der Waals surface area contributed by atoms with E-state index in [-0.39, 0.29) is 5.91 Å². The van der Waals surface area contributed by atoms with E-state index in [9.17, 15) is 4.79 Å². The molecule has 0 aromatic heterocycles. The number of halogens is 2. The minimum Gasteiger partial charge on any atom is -0.324 e. The van der Waals surface area contributed by atoms with Gasteiger partial charge in [-0.15, -0.1) is 0 Å². The van der Waals surface area contributed by atoms with E-state index in [0.29, 0.717) is 22.2 Å². The summed E-state index contributed by atoms with van der Waals surface area (Å²) in [6, 6.07) is 12.7. The van der Waals surface area contributed by atoms with Crippen LogP contribution in [0.5, 0.6) is 0 Å².